The van der Waals surface area contributed by atoms with Crippen molar-refractivity contribution in [1.29, 1.82) is 0 Å². The average Bonchev–Trinajstić information content (AvgIpc) is 3.15. The van der Waals surface area contributed by atoms with E-state index in [4.69, 9.17) is 9.05 Å². The number of phosphoric acid groups is 1. The molecule has 3 unspecified atom stereocenters. The maximum atomic E-state index is 12.9. The lowest BCUT2D eigenvalue weighted by molar-refractivity contribution is -0.870. The van der Waals surface area contributed by atoms with Crippen LogP contribution in [-0.2, 0) is 18.4 Å². The molecule has 0 heterocycles. The monoisotopic (exact) mass is 810 g/mol. The standard InChI is InChI=1S/C47H89N2O6P/c1-6-8-10-12-14-16-17-18-19-20-21-22-23-24-25-26-27-28-29-30-31-33-35-37-39-41-47(51)48-45(44-55-56(52,53)54-43-42-49(3,4)5)46(50)40-38-36-34-32-15-13-11-9-7-2/h8,10,14,16,18-19,21-22,45-46,50H,6-7,9,11-13,15,17,20,23-44H2,1-5H3,(H-,48,51,52,53)/p+1/b10-8-,16-14-,19-18-,22-21-. The summed E-state index contributed by atoms with van der Waals surface area (Å²) in [5, 5.41) is 13.9. The van der Waals surface area contributed by atoms with Crippen LogP contribution in [-0.4, -0.2) is 73.4 Å². The molecule has 0 radical (unpaired) electrons. The Morgan fingerprint density at radius 3 is 1.57 bits per heavy atom. The lowest BCUT2D eigenvalue weighted by Gasteiger charge is -2.26. The third-order valence-electron chi connectivity index (χ3n) is 10.1. The van der Waals surface area contributed by atoms with Crippen molar-refractivity contribution >= 4 is 13.7 Å². The Balaban J connectivity index is 4.15. The molecule has 0 aliphatic carbocycles. The van der Waals surface area contributed by atoms with Crippen molar-refractivity contribution in [3.05, 3.63) is 48.6 Å². The molecular formula is C47H90N2O6P+. The Kier molecular flexibility index (Phi) is 37.9. The number of hydrogen-bond acceptors (Lipinski definition) is 5. The fraction of sp³-hybridized carbons (Fsp3) is 0.809. The van der Waals surface area contributed by atoms with Crippen molar-refractivity contribution in [1.82, 2.24) is 5.32 Å². The minimum atomic E-state index is -4.31. The number of likely N-dealkylation sites (N-methyl/N-ethyl adjacent to an activating group) is 1. The van der Waals surface area contributed by atoms with Crippen LogP contribution in [0.1, 0.15) is 194 Å². The predicted molar refractivity (Wildman–Crippen MR) is 240 cm³/mol. The van der Waals surface area contributed by atoms with Crippen LogP contribution in [0.4, 0.5) is 0 Å². The molecule has 0 aromatic rings. The Morgan fingerprint density at radius 1 is 0.625 bits per heavy atom. The molecule has 3 atom stereocenters. The SMILES string of the molecule is CC/C=C\C/C=C\C/C=C\C/C=C\CCCCCCCCCCCCCCC(=O)NC(COP(=O)(O)OCC[N+](C)(C)C)C(O)CCCCCCCCCCC. The molecule has 0 aromatic heterocycles. The summed E-state index contributed by atoms with van der Waals surface area (Å²) in [6, 6.07) is -0.760. The van der Waals surface area contributed by atoms with Crippen LogP contribution in [0.2, 0.25) is 0 Å². The molecule has 328 valence electrons. The van der Waals surface area contributed by atoms with Crippen LogP contribution in [0.25, 0.3) is 0 Å². The first-order valence-electron chi connectivity index (χ1n) is 23.0. The second-order valence-corrected chi connectivity index (χ2v) is 18.2. The summed E-state index contributed by atoms with van der Waals surface area (Å²) >= 11 is 0. The molecule has 0 aliphatic heterocycles. The number of nitrogens with zero attached hydrogens (tertiary/aromatic N) is 1. The molecule has 0 saturated heterocycles. The normalized spacial score (nSPS) is 14.8. The Hall–Kier alpha value is -1.54. The lowest BCUT2D eigenvalue weighted by Crippen LogP contribution is -2.46. The van der Waals surface area contributed by atoms with Crippen molar-refractivity contribution in [3.8, 4) is 0 Å². The summed E-state index contributed by atoms with van der Waals surface area (Å²) in [6.07, 6.45) is 48.6. The number of nitrogens with one attached hydrogen (secondary N) is 1. The molecule has 0 rings (SSSR count). The second-order valence-electron chi connectivity index (χ2n) is 16.8. The highest BCUT2D eigenvalue weighted by Crippen LogP contribution is 2.43. The van der Waals surface area contributed by atoms with Gasteiger partial charge in [-0.1, -0.05) is 184 Å². The highest BCUT2D eigenvalue weighted by molar-refractivity contribution is 7.47. The van der Waals surface area contributed by atoms with Crippen LogP contribution < -0.4 is 5.32 Å². The van der Waals surface area contributed by atoms with Gasteiger partial charge in [-0.3, -0.25) is 13.8 Å². The van der Waals surface area contributed by atoms with Gasteiger partial charge in [-0.15, -0.1) is 0 Å². The number of carbonyl (C=O) groups is 1. The Labute approximate surface area is 346 Å². The molecule has 0 bridgehead atoms. The van der Waals surface area contributed by atoms with Gasteiger partial charge >= 0.3 is 7.82 Å². The average molecular weight is 810 g/mol. The van der Waals surface area contributed by atoms with E-state index in [1.165, 1.54) is 103 Å². The van der Waals surface area contributed by atoms with Crippen LogP contribution >= 0.6 is 7.82 Å². The quantitative estimate of drug-likeness (QED) is 0.0246. The molecule has 0 aromatic carbocycles. The van der Waals surface area contributed by atoms with E-state index in [9.17, 15) is 19.4 Å². The van der Waals surface area contributed by atoms with Gasteiger partial charge in [-0.25, -0.2) is 4.57 Å². The van der Waals surface area contributed by atoms with E-state index in [0.29, 0.717) is 23.9 Å². The molecule has 0 fully saturated rings. The summed E-state index contributed by atoms with van der Waals surface area (Å²) in [5.41, 5.74) is 0. The molecule has 56 heavy (non-hydrogen) atoms. The van der Waals surface area contributed by atoms with Crippen molar-refractivity contribution < 1.29 is 32.9 Å². The topological polar surface area (TPSA) is 105 Å². The molecule has 9 heteroatoms. The number of carbonyl (C=O) groups excluding carboxylic acids is 1. The zero-order valence-corrected chi connectivity index (χ0v) is 38.0. The van der Waals surface area contributed by atoms with Crippen LogP contribution in [0, 0.1) is 0 Å². The number of aliphatic hydroxyl groups excluding tert-OH is 1. The van der Waals surface area contributed by atoms with Crippen molar-refractivity contribution in [3.63, 3.8) is 0 Å². The van der Waals surface area contributed by atoms with Crippen LogP contribution in [0.5, 0.6) is 0 Å². The van der Waals surface area contributed by atoms with Crippen LogP contribution in [0.15, 0.2) is 48.6 Å². The maximum Gasteiger partial charge on any atom is 0.472 e. The van der Waals surface area contributed by atoms with E-state index in [1.54, 1.807) is 0 Å². The first-order valence-corrected chi connectivity index (χ1v) is 24.5. The maximum absolute atomic E-state index is 12.9. The Morgan fingerprint density at radius 2 is 1.07 bits per heavy atom. The first-order chi connectivity index (χ1) is 27.0. The number of rotatable bonds is 41. The van der Waals surface area contributed by atoms with Crippen molar-refractivity contribution in [2.24, 2.45) is 0 Å². The van der Waals surface area contributed by atoms with Gasteiger partial charge in [0.15, 0.2) is 0 Å². The summed E-state index contributed by atoms with van der Waals surface area (Å²) in [6.45, 7) is 4.74. The van der Waals surface area contributed by atoms with Crippen LogP contribution in [0.3, 0.4) is 0 Å². The number of amides is 1. The number of phosphoric ester groups is 1. The van der Waals surface area contributed by atoms with E-state index >= 15 is 0 Å². The molecular weight excluding hydrogens is 719 g/mol. The zero-order chi connectivity index (χ0) is 41.4. The summed E-state index contributed by atoms with van der Waals surface area (Å²) < 4.78 is 23.6. The molecule has 1 amide bonds. The highest BCUT2D eigenvalue weighted by atomic mass is 31.2. The van der Waals surface area contributed by atoms with Gasteiger partial charge in [-0.2, -0.15) is 0 Å². The van der Waals surface area contributed by atoms with Gasteiger partial charge in [0.2, 0.25) is 5.91 Å². The third kappa shape index (κ3) is 40.6. The van der Waals surface area contributed by atoms with Crippen molar-refractivity contribution in [2.75, 3.05) is 40.9 Å². The van der Waals surface area contributed by atoms with E-state index in [-0.39, 0.29) is 19.1 Å². The van der Waals surface area contributed by atoms with E-state index in [2.05, 4.69) is 67.8 Å². The van der Waals surface area contributed by atoms with Gasteiger partial charge in [0.05, 0.1) is 39.9 Å². The van der Waals surface area contributed by atoms with E-state index in [1.807, 2.05) is 21.1 Å². The number of unbranched alkanes of at least 4 members (excludes halogenated alkanes) is 20. The largest absolute Gasteiger partial charge is 0.472 e. The van der Waals surface area contributed by atoms with E-state index in [0.717, 1.165) is 64.2 Å². The molecule has 3 N–H and O–H groups in total. The smallest absolute Gasteiger partial charge is 0.391 e. The number of aliphatic hydroxyl groups is 1. The summed E-state index contributed by atoms with van der Waals surface area (Å²) in [7, 11) is 1.61. The molecule has 0 spiro atoms. The van der Waals surface area contributed by atoms with Crippen molar-refractivity contribution in [2.45, 2.75) is 206 Å². The van der Waals surface area contributed by atoms with Gasteiger partial charge in [0.1, 0.15) is 13.2 Å². The van der Waals surface area contributed by atoms with Gasteiger partial charge < -0.3 is 19.8 Å². The lowest BCUT2D eigenvalue weighted by atomic mass is 10.0. The number of quaternary nitrogens is 1. The van der Waals surface area contributed by atoms with Gasteiger partial charge in [-0.05, 0) is 51.4 Å². The molecule has 8 nitrogen and oxygen atoms in total. The minimum absolute atomic E-state index is 0.0729. The molecule has 0 aliphatic rings. The molecule has 0 saturated carbocycles. The third-order valence-corrected chi connectivity index (χ3v) is 11.1. The van der Waals surface area contributed by atoms with Gasteiger partial charge in [0, 0.05) is 6.42 Å². The zero-order valence-electron chi connectivity index (χ0n) is 37.1. The fourth-order valence-electron chi connectivity index (χ4n) is 6.45. The Bertz CT molecular complexity index is 1050. The predicted octanol–water partition coefficient (Wildman–Crippen LogP) is 12.9. The summed E-state index contributed by atoms with van der Waals surface area (Å²) in [4.78, 5) is 23.1. The van der Waals surface area contributed by atoms with Gasteiger partial charge in [0.25, 0.3) is 0 Å². The number of allylic oxidation sites excluding steroid dienone is 8. The van der Waals surface area contributed by atoms with E-state index < -0.39 is 20.0 Å². The number of hydrogen-bond donors (Lipinski definition) is 3. The first kappa shape index (κ1) is 54.5. The minimum Gasteiger partial charge on any atom is -0.391 e. The second kappa shape index (κ2) is 38.9. The fourth-order valence-corrected chi connectivity index (χ4v) is 7.18. The summed E-state index contributed by atoms with van der Waals surface area (Å²) in [5.74, 6) is -0.151. The highest BCUT2D eigenvalue weighted by Gasteiger charge is 2.28.